The quantitative estimate of drug-likeness (QED) is 0.431. The maximum Gasteiger partial charge on any atom is 0.0146 e. The van der Waals surface area contributed by atoms with Crippen LogP contribution in [0.5, 0.6) is 0 Å². The van der Waals surface area contributed by atoms with Gasteiger partial charge in [-0.15, -0.1) is 23.7 Å². The second kappa shape index (κ2) is 8.22. The van der Waals surface area contributed by atoms with Crippen LogP contribution in [-0.2, 0) is 0 Å². The summed E-state index contributed by atoms with van der Waals surface area (Å²) in [5, 5.41) is 0. The van der Waals surface area contributed by atoms with Gasteiger partial charge in [0, 0.05) is 25.2 Å². The Bertz CT molecular complexity index is 202. The molecule has 65 valence electrons. The van der Waals surface area contributed by atoms with Gasteiger partial charge in [-0.05, 0) is 6.42 Å². The lowest BCUT2D eigenvalue weighted by Gasteiger charge is -1.87. The average Bonchev–Trinajstić information content (AvgIpc) is 2.02. The van der Waals surface area contributed by atoms with E-state index in [1.54, 1.807) is 0 Å². The van der Waals surface area contributed by atoms with Gasteiger partial charge in [0.05, 0.1) is 0 Å². The maximum absolute atomic E-state index is 3.11. The van der Waals surface area contributed by atoms with Crippen LogP contribution in [0.4, 0.5) is 0 Å². The first-order valence-corrected chi connectivity index (χ1v) is 4.53. The van der Waals surface area contributed by atoms with E-state index in [2.05, 4.69) is 50.9 Å². The fraction of sp³-hybridized carbons (Fsp3) is 0.583. The summed E-state index contributed by atoms with van der Waals surface area (Å²) >= 11 is 0. The van der Waals surface area contributed by atoms with Crippen LogP contribution >= 0.6 is 0 Å². The van der Waals surface area contributed by atoms with Crippen molar-refractivity contribution in [3.05, 3.63) is 6.42 Å². The topological polar surface area (TPSA) is 0 Å². The first-order valence-electron chi connectivity index (χ1n) is 4.53. The molecule has 0 unspecified atom stereocenters. The van der Waals surface area contributed by atoms with Crippen LogP contribution in [0.3, 0.4) is 0 Å². The molecule has 0 N–H and O–H groups in total. The van der Waals surface area contributed by atoms with E-state index in [1.807, 2.05) is 0 Å². The van der Waals surface area contributed by atoms with E-state index in [9.17, 15) is 0 Å². The highest BCUT2D eigenvalue weighted by atomic mass is 13.9. The van der Waals surface area contributed by atoms with E-state index in [0.29, 0.717) is 5.92 Å². The normalized spacial score (nSPS) is 8.33. The Morgan fingerprint density at radius 2 is 1.75 bits per heavy atom. The van der Waals surface area contributed by atoms with E-state index in [4.69, 9.17) is 0 Å². The van der Waals surface area contributed by atoms with Gasteiger partial charge in [0.25, 0.3) is 0 Å². The molecule has 0 saturated heterocycles. The molecule has 0 aromatic carbocycles. The number of hydrogen-bond acceptors (Lipinski definition) is 0. The monoisotopic (exact) mass is 161 g/mol. The largest absolute Gasteiger partial charge is 0.104 e. The second-order valence-electron chi connectivity index (χ2n) is 2.88. The van der Waals surface area contributed by atoms with Gasteiger partial charge in [-0.3, -0.25) is 0 Å². The third-order valence-corrected chi connectivity index (χ3v) is 1.19. The molecule has 12 heavy (non-hydrogen) atoms. The Labute approximate surface area is 76.8 Å². The summed E-state index contributed by atoms with van der Waals surface area (Å²) in [6.07, 6.45) is 4.82. The molecule has 0 aliphatic carbocycles. The van der Waals surface area contributed by atoms with Crippen LogP contribution in [0.2, 0.25) is 0 Å². The Morgan fingerprint density at radius 1 is 1.08 bits per heavy atom. The predicted molar refractivity (Wildman–Crippen MR) is 54.2 cm³/mol. The molecule has 0 aliphatic rings. The van der Waals surface area contributed by atoms with Crippen molar-refractivity contribution >= 4 is 0 Å². The van der Waals surface area contributed by atoms with E-state index in [-0.39, 0.29) is 0 Å². The van der Waals surface area contributed by atoms with Crippen molar-refractivity contribution in [3.63, 3.8) is 0 Å². The van der Waals surface area contributed by atoms with E-state index in [0.717, 1.165) is 19.3 Å². The molecule has 0 bridgehead atoms. The Balaban J connectivity index is 3.29. The Morgan fingerprint density at radius 3 is 2.33 bits per heavy atom. The Kier molecular flexibility index (Phi) is 7.62. The summed E-state index contributed by atoms with van der Waals surface area (Å²) in [5.74, 6) is 12.7. The van der Waals surface area contributed by atoms with Gasteiger partial charge in [0.2, 0.25) is 0 Å². The van der Waals surface area contributed by atoms with Gasteiger partial charge in [0.1, 0.15) is 0 Å². The van der Waals surface area contributed by atoms with Crippen molar-refractivity contribution < 1.29 is 0 Å². The van der Waals surface area contributed by atoms with E-state index in [1.165, 1.54) is 0 Å². The van der Waals surface area contributed by atoms with E-state index < -0.39 is 0 Å². The molecule has 0 rings (SSSR count). The fourth-order valence-corrected chi connectivity index (χ4v) is 0.677. The molecule has 0 aromatic heterocycles. The summed E-state index contributed by atoms with van der Waals surface area (Å²) in [5.41, 5.74) is 0. The zero-order valence-corrected chi connectivity index (χ0v) is 8.28. The smallest absolute Gasteiger partial charge is 0.0146 e. The predicted octanol–water partition coefficient (Wildman–Crippen LogP) is 3.04. The number of rotatable bonds is 2. The molecule has 1 radical (unpaired) electrons. The Hall–Kier alpha value is -0.880. The molecule has 0 heteroatoms. The highest BCUT2D eigenvalue weighted by Crippen LogP contribution is 1.92. The molecule has 0 aliphatic heterocycles. The van der Waals surface area contributed by atoms with Crippen molar-refractivity contribution in [2.24, 2.45) is 5.92 Å². The standard InChI is InChI=1S/C12H17/c1-4-5-6-7-8-9-10-11-12(2)3/h8,12H,4,7,9H2,1-3H3. The minimum Gasteiger partial charge on any atom is -0.104 e. The van der Waals surface area contributed by atoms with Crippen LogP contribution < -0.4 is 0 Å². The van der Waals surface area contributed by atoms with Gasteiger partial charge in [-0.1, -0.05) is 20.8 Å². The molecule has 0 amide bonds. The maximum atomic E-state index is 3.11. The lowest BCUT2D eigenvalue weighted by molar-refractivity contribution is 0.864. The number of unbranched alkanes of at least 4 members (excludes halogenated alkanes) is 2. The van der Waals surface area contributed by atoms with Crippen molar-refractivity contribution in [1.82, 2.24) is 0 Å². The summed E-state index contributed by atoms with van der Waals surface area (Å²) in [4.78, 5) is 0. The summed E-state index contributed by atoms with van der Waals surface area (Å²) < 4.78 is 0. The van der Waals surface area contributed by atoms with Crippen LogP contribution in [0.15, 0.2) is 0 Å². The molecule has 0 nitrogen and oxygen atoms in total. The minimum absolute atomic E-state index is 0.486. The first kappa shape index (κ1) is 11.1. The van der Waals surface area contributed by atoms with Crippen molar-refractivity contribution in [2.75, 3.05) is 0 Å². The first-order chi connectivity index (χ1) is 5.77. The van der Waals surface area contributed by atoms with Gasteiger partial charge in [-0.25, -0.2) is 0 Å². The third kappa shape index (κ3) is 9.12. The molecular formula is C12H17. The molecule has 0 aromatic rings. The molecule has 0 fully saturated rings. The highest BCUT2D eigenvalue weighted by molar-refractivity contribution is 5.07. The summed E-state index contributed by atoms with van der Waals surface area (Å²) in [6, 6.07) is 0. The van der Waals surface area contributed by atoms with Crippen LogP contribution in [-0.4, -0.2) is 0 Å². The van der Waals surface area contributed by atoms with Crippen LogP contribution in [0.1, 0.15) is 40.0 Å². The molecular weight excluding hydrogens is 144 g/mol. The zero-order chi connectivity index (χ0) is 9.23. The number of hydrogen-bond donors (Lipinski definition) is 0. The van der Waals surface area contributed by atoms with Crippen molar-refractivity contribution in [2.45, 2.75) is 40.0 Å². The van der Waals surface area contributed by atoms with Crippen LogP contribution in [0, 0.1) is 36.0 Å². The summed E-state index contributed by atoms with van der Waals surface area (Å²) in [6.45, 7) is 6.26. The van der Waals surface area contributed by atoms with E-state index >= 15 is 0 Å². The fourth-order valence-electron chi connectivity index (χ4n) is 0.677. The van der Waals surface area contributed by atoms with Gasteiger partial charge >= 0.3 is 0 Å². The lowest BCUT2D eigenvalue weighted by Crippen LogP contribution is -1.78. The molecule has 0 saturated carbocycles. The van der Waals surface area contributed by atoms with Crippen molar-refractivity contribution in [3.8, 4) is 23.7 Å². The summed E-state index contributed by atoms with van der Waals surface area (Å²) in [7, 11) is 0. The van der Waals surface area contributed by atoms with Crippen LogP contribution in [0.25, 0.3) is 0 Å². The molecule has 0 atom stereocenters. The second-order valence-corrected chi connectivity index (χ2v) is 2.88. The minimum atomic E-state index is 0.486. The van der Waals surface area contributed by atoms with Gasteiger partial charge in [-0.2, -0.15) is 0 Å². The SMILES string of the molecule is CCC#CC[CH]CC#CC(C)C. The third-order valence-electron chi connectivity index (χ3n) is 1.19. The molecule has 0 spiro atoms. The zero-order valence-electron chi connectivity index (χ0n) is 8.28. The van der Waals surface area contributed by atoms with Crippen molar-refractivity contribution in [1.29, 1.82) is 0 Å². The van der Waals surface area contributed by atoms with Gasteiger partial charge in [0.15, 0.2) is 0 Å². The highest BCUT2D eigenvalue weighted by Gasteiger charge is 1.82. The average molecular weight is 161 g/mol. The van der Waals surface area contributed by atoms with Gasteiger partial charge < -0.3 is 0 Å². The lowest BCUT2D eigenvalue weighted by atomic mass is 10.2. The molecule has 0 heterocycles.